The lowest BCUT2D eigenvalue weighted by Gasteiger charge is -2.27. The van der Waals surface area contributed by atoms with Gasteiger partial charge in [-0.05, 0) is 12.1 Å². The first kappa shape index (κ1) is 25.3. The third-order valence-electron chi connectivity index (χ3n) is 3.60. The van der Waals surface area contributed by atoms with Crippen molar-refractivity contribution in [2.24, 2.45) is 0 Å². The summed E-state index contributed by atoms with van der Waals surface area (Å²) < 4.78 is 32.1. The fourth-order valence-corrected chi connectivity index (χ4v) is 4.10. The molecule has 0 aliphatic rings. The van der Waals surface area contributed by atoms with Crippen LogP contribution in [0.25, 0.3) is 0 Å². The first-order chi connectivity index (χ1) is 13.8. The molecule has 1 aromatic rings. The third-order valence-corrected chi connectivity index (χ3v) is 5.39. The van der Waals surface area contributed by atoms with Gasteiger partial charge in [-0.25, -0.2) is 4.79 Å². The van der Waals surface area contributed by atoms with E-state index < -0.39 is 62.5 Å². The molecule has 0 aliphatic heterocycles. The van der Waals surface area contributed by atoms with Crippen molar-refractivity contribution in [2.75, 3.05) is 11.5 Å². The van der Waals surface area contributed by atoms with E-state index in [0.29, 0.717) is 16.7 Å². The highest BCUT2D eigenvalue weighted by Crippen LogP contribution is 2.18. The molecule has 0 unspecified atom stereocenters. The Balaban J connectivity index is 3.21. The molecule has 3 N–H and O–H groups in total. The summed E-state index contributed by atoms with van der Waals surface area (Å²) in [4.78, 5) is 60.1. The summed E-state index contributed by atoms with van der Waals surface area (Å²) in [5.41, 5.74) is -0.00695. The van der Waals surface area contributed by atoms with Crippen LogP contribution in [0.15, 0.2) is 30.3 Å². The maximum absolute atomic E-state index is 12.7. The molecule has 0 heterocycles. The van der Waals surface area contributed by atoms with Crippen LogP contribution in [0.1, 0.15) is 24.2 Å². The van der Waals surface area contributed by atoms with Crippen LogP contribution in [-0.2, 0) is 29.3 Å². The van der Waals surface area contributed by atoms with E-state index in [0.717, 1.165) is 13.8 Å². The highest BCUT2D eigenvalue weighted by atomic mass is 32.2. The second-order valence-corrected chi connectivity index (χ2v) is 8.57. The number of carbonyl (C=O) groups excluding carboxylic acids is 4. The van der Waals surface area contributed by atoms with Crippen molar-refractivity contribution in [3.63, 3.8) is 0 Å². The van der Waals surface area contributed by atoms with Crippen LogP contribution in [-0.4, -0.2) is 75.4 Å². The molecule has 1 rings (SSSR count). The molecular formula is C17H20N2O9S2. The van der Waals surface area contributed by atoms with Crippen molar-refractivity contribution >= 4 is 50.7 Å². The van der Waals surface area contributed by atoms with Crippen molar-refractivity contribution in [1.82, 2.24) is 10.2 Å². The van der Waals surface area contributed by atoms with E-state index in [1.54, 1.807) is 6.07 Å². The van der Waals surface area contributed by atoms with Crippen LogP contribution in [0.2, 0.25) is 0 Å². The zero-order chi connectivity index (χ0) is 23.1. The Kier molecular flexibility index (Phi) is 9.14. The Morgan fingerprint density at radius 1 is 1.10 bits per heavy atom. The molecule has 13 heteroatoms. The summed E-state index contributed by atoms with van der Waals surface area (Å²) >= 11 is 0.306. The molecule has 0 spiro atoms. The lowest BCUT2D eigenvalue weighted by molar-refractivity contribution is -0.140. The average molecular weight is 460 g/mol. The number of carbonyl (C=O) groups is 5. The molecular weight excluding hydrogens is 440 g/mol. The van der Waals surface area contributed by atoms with Crippen molar-refractivity contribution < 1.29 is 42.0 Å². The maximum Gasteiger partial charge on any atom is 0.327 e. The summed E-state index contributed by atoms with van der Waals surface area (Å²) in [5, 5.41) is 10.1. The molecule has 0 radical (unpaired) electrons. The van der Waals surface area contributed by atoms with Gasteiger partial charge in [-0.1, -0.05) is 30.0 Å². The zero-order valence-electron chi connectivity index (χ0n) is 16.0. The van der Waals surface area contributed by atoms with Crippen LogP contribution in [0, 0.1) is 0 Å². The van der Waals surface area contributed by atoms with Gasteiger partial charge < -0.3 is 10.4 Å². The highest BCUT2D eigenvalue weighted by Gasteiger charge is 2.37. The fraction of sp³-hybridized carbons (Fsp3) is 0.353. The van der Waals surface area contributed by atoms with Gasteiger partial charge in [0.2, 0.25) is 16.9 Å². The third kappa shape index (κ3) is 7.93. The molecule has 164 valence electrons. The van der Waals surface area contributed by atoms with E-state index in [9.17, 15) is 36.9 Å². The summed E-state index contributed by atoms with van der Waals surface area (Å²) in [5.74, 6) is -5.81. The summed E-state index contributed by atoms with van der Waals surface area (Å²) in [6, 6.07) is 3.88. The van der Waals surface area contributed by atoms with Crippen LogP contribution >= 0.6 is 11.8 Å². The minimum atomic E-state index is -4.80. The monoisotopic (exact) mass is 460 g/mol. The Labute approximate surface area is 176 Å². The van der Waals surface area contributed by atoms with Gasteiger partial charge in [-0.3, -0.25) is 28.6 Å². The lowest BCUT2D eigenvalue weighted by atomic mass is 10.1. The number of amides is 3. The Morgan fingerprint density at radius 3 is 2.10 bits per heavy atom. The van der Waals surface area contributed by atoms with Gasteiger partial charge in [-0.2, -0.15) is 8.42 Å². The number of thioether (sulfide) groups is 1. The SMILES string of the molecule is CC(=O)N[C@@H](CSC(=O)[C@H](CS(=O)(=O)O)N(C(C)=O)C(=O)c1ccccc1)C(=O)O. The minimum absolute atomic E-state index is 0.00695. The standard InChI is InChI=1S/C17H20N2O9S2/c1-10(20)18-13(16(23)24)8-29-17(25)14(9-30(26,27)28)19(11(2)21)15(22)12-6-4-3-5-7-12/h3-7,13-14H,8-9H2,1-2H3,(H,18,20)(H,23,24)(H,26,27,28)/t13-,14-/m0/s1. The van der Waals surface area contributed by atoms with Gasteiger partial charge >= 0.3 is 5.97 Å². The number of hydrogen-bond donors (Lipinski definition) is 3. The number of aliphatic carboxylic acids is 1. The zero-order valence-corrected chi connectivity index (χ0v) is 17.6. The molecule has 0 aromatic heterocycles. The van der Waals surface area contributed by atoms with E-state index in [1.165, 1.54) is 24.3 Å². The molecule has 0 fully saturated rings. The molecule has 0 bridgehead atoms. The normalized spacial score (nSPS) is 13.0. The number of nitrogens with one attached hydrogen (secondary N) is 1. The average Bonchev–Trinajstić information content (AvgIpc) is 2.63. The van der Waals surface area contributed by atoms with Gasteiger partial charge in [0.05, 0.1) is 0 Å². The number of carboxylic acids is 1. The molecule has 11 nitrogen and oxygen atoms in total. The number of rotatable bonds is 9. The molecule has 30 heavy (non-hydrogen) atoms. The molecule has 0 aliphatic carbocycles. The van der Waals surface area contributed by atoms with Crippen molar-refractivity contribution in [1.29, 1.82) is 0 Å². The van der Waals surface area contributed by atoms with Crippen molar-refractivity contribution in [3.05, 3.63) is 35.9 Å². The predicted molar refractivity (Wildman–Crippen MR) is 106 cm³/mol. The number of benzene rings is 1. The summed E-state index contributed by atoms with van der Waals surface area (Å²) in [6.07, 6.45) is 0. The molecule has 2 atom stereocenters. The van der Waals surface area contributed by atoms with E-state index in [1.807, 2.05) is 0 Å². The number of imide groups is 1. The van der Waals surface area contributed by atoms with Crippen LogP contribution in [0.3, 0.4) is 0 Å². The van der Waals surface area contributed by atoms with Gasteiger partial charge in [0.25, 0.3) is 16.0 Å². The predicted octanol–water partition coefficient (Wildman–Crippen LogP) is -0.219. The summed E-state index contributed by atoms with van der Waals surface area (Å²) in [6.45, 7) is 2.01. The number of hydrogen-bond acceptors (Lipinski definition) is 8. The van der Waals surface area contributed by atoms with E-state index >= 15 is 0 Å². The molecule has 1 aromatic carbocycles. The van der Waals surface area contributed by atoms with Gasteiger partial charge in [0.1, 0.15) is 17.8 Å². The smallest absolute Gasteiger partial charge is 0.327 e. The second-order valence-electron chi connectivity index (χ2n) is 6.05. The lowest BCUT2D eigenvalue weighted by Crippen LogP contribution is -2.51. The minimum Gasteiger partial charge on any atom is -0.480 e. The quantitative estimate of drug-likeness (QED) is 0.418. The first-order valence-corrected chi connectivity index (χ1v) is 10.9. The van der Waals surface area contributed by atoms with E-state index in [2.05, 4.69) is 5.32 Å². The topological polar surface area (TPSA) is 175 Å². The van der Waals surface area contributed by atoms with Crippen LogP contribution in [0.5, 0.6) is 0 Å². The van der Waals surface area contributed by atoms with E-state index in [4.69, 9.17) is 5.11 Å². The van der Waals surface area contributed by atoms with Crippen LogP contribution in [0.4, 0.5) is 0 Å². The number of nitrogens with zero attached hydrogens (tertiary/aromatic N) is 1. The molecule has 0 saturated heterocycles. The van der Waals surface area contributed by atoms with Gasteiger partial charge in [0, 0.05) is 25.2 Å². The van der Waals surface area contributed by atoms with E-state index in [-0.39, 0.29) is 5.56 Å². The summed E-state index contributed by atoms with van der Waals surface area (Å²) in [7, 11) is -4.80. The Bertz CT molecular complexity index is 932. The fourth-order valence-electron chi connectivity index (χ4n) is 2.35. The van der Waals surface area contributed by atoms with Crippen LogP contribution < -0.4 is 5.32 Å². The first-order valence-electron chi connectivity index (χ1n) is 8.34. The molecule has 0 saturated carbocycles. The Hall–Kier alpha value is -2.77. The highest BCUT2D eigenvalue weighted by molar-refractivity contribution is 8.13. The largest absolute Gasteiger partial charge is 0.480 e. The second kappa shape index (κ2) is 10.8. The van der Waals surface area contributed by atoms with Crippen molar-refractivity contribution in [3.8, 4) is 0 Å². The Morgan fingerprint density at radius 2 is 1.67 bits per heavy atom. The maximum atomic E-state index is 12.7. The van der Waals surface area contributed by atoms with Crippen molar-refractivity contribution in [2.45, 2.75) is 25.9 Å². The number of carboxylic acid groups (broad SMARTS) is 1. The van der Waals surface area contributed by atoms with Gasteiger partial charge in [0.15, 0.2) is 0 Å². The van der Waals surface area contributed by atoms with Gasteiger partial charge in [-0.15, -0.1) is 0 Å². The molecule has 3 amide bonds.